The average Bonchev–Trinajstić information content (AvgIpc) is 2.67. The first-order valence-electron chi connectivity index (χ1n) is 10.4. The van der Waals surface area contributed by atoms with Gasteiger partial charge in [0, 0.05) is 45.8 Å². The summed E-state index contributed by atoms with van der Waals surface area (Å²) in [6.07, 6.45) is 2.35. The molecule has 0 aliphatic carbocycles. The van der Waals surface area contributed by atoms with Gasteiger partial charge in [0.15, 0.2) is 0 Å². The predicted octanol–water partition coefficient (Wildman–Crippen LogP) is 3.57. The van der Waals surface area contributed by atoms with Crippen LogP contribution in [0.15, 0.2) is 0 Å². The maximum atomic E-state index is 12.4. The maximum Gasteiger partial charge on any atom is 0.259 e. The molecule has 0 aliphatic heterocycles. The van der Waals surface area contributed by atoms with E-state index in [-0.39, 0.29) is 18.0 Å². The number of nitriles is 1. The normalized spacial score (nSPS) is 12.6. The van der Waals surface area contributed by atoms with Crippen molar-refractivity contribution in [1.82, 2.24) is 9.57 Å². The van der Waals surface area contributed by atoms with Gasteiger partial charge in [-0.05, 0) is 40.5 Å². The molecule has 0 fully saturated rings. The monoisotopic (exact) mass is 433 g/mol. The summed E-state index contributed by atoms with van der Waals surface area (Å²) in [5.74, 6) is 0.109. The van der Waals surface area contributed by atoms with Crippen LogP contribution >= 0.6 is 8.53 Å². The summed E-state index contributed by atoms with van der Waals surface area (Å²) in [6.45, 7) is 11.5. The van der Waals surface area contributed by atoms with Gasteiger partial charge in [0.1, 0.15) is 0 Å². The van der Waals surface area contributed by atoms with Crippen LogP contribution in [0.4, 0.5) is 0 Å². The third kappa shape index (κ3) is 13.2. The van der Waals surface area contributed by atoms with Crippen molar-refractivity contribution < 1.29 is 23.3 Å². The lowest BCUT2D eigenvalue weighted by atomic mass is 10.2. The second-order valence-corrected chi connectivity index (χ2v) is 8.66. The Morgan fingerprint density at radius 1 is 0.931 bits per heavy atom. The van der Waals surface area contributed by atoms with Gasteiger partial charge in [0.2, 0.25) is 5.91 Å². The van der Waals surface area contributed by atoms with Gasteiger partial charge >= 0.3 is 0 Å². The van der Waals surface area contributed by atoms with Gasteiger partial charge in [0.05, 0.1) is 38.9 Å². The van der Waals surface area contributed by atoms with E-state index < -0.39 is 8.53 Å². The highest BCUT2D eigenvalue weighted by Crippen LogP contribution is 2.46. The summed E-state index contributed by atoms with van der Waals surface area (Å²) in [4.78, 5) is 14.2. The summed E-state index contributed by atoms with van der Waals surface area (Å²) >= 11 is 0. The van der Waals surface area contributed by atoms with E-state index in [1.165, 1.54) is 0 Å². The number of hydrogen-bond donors (Lipinski definition) is 0. The molecule has 1 amide bonds. The number of hydrogen-bond acceptors (Lipinski definition) is 7. The summed E-state index contributed by atoms with van der Waals surface area (Å²) in [5, 5.41) is 8.76. The molecule has 1 atom stereocenters. The maximum absolute atomic E-state index is 12.4. The van der Waals surface area contributed by atoms with Gasteiger partial charge < -0.3 is 23.4 Å². The molecule has 29 heavy (non-hydrogen) atoms. The lowest BCUT2D eigenvalue weighted by Gasteiger charge is -2.35. The molecule has 0 aliphatic rings. The summed E-state index contributed by atoms with van der Waals surface area (Å²) in [6, 6.07) is 2.66. The summed E-state index contributed by atoms with van der Waals surface area (Å²) < 4.78 is 24.3. The van der Waals surface area contributed by atoms with Crippen molar-refractivity contribution in [2.45, 2.75) is 65.5 Å². The van der Waals surface area contributed by atoms with Gasteiger partial charge in [-0.25, -0.2) is 4.67 Å². The van der Waals surface area contributed by atoms with Gasteiger partial charge in [-0.15, -0.1) is 0 Å². The van der Waals surface area contributed by atoms with Crippen molar-refractivity contribution in [1.29, 1.82) is 5.26 Å². The molecule has 0 aromatic carbocycles. The fourth-order valence-corrected chi connectivity index (χ4v) is 4.38. The smallest absolute Gasteiger partial charge is 0.259 e. The highest BCUT2D eigenvalue weighted by atomic mass is 31.2. The quantitative estimate of drug-likeness (QED) is 0.241. The molecule has 0 saturated heterocycles. The van der Waals surface area contributed by atoms with E-state index in [0.717, 1.165) is 12.8 Å². The standard InChI is InChI=1S/C20H40N3O5P/c1-18(2)23(19(3)4)29(28-15-9-11-21)27-14-8-7-10-20(24)22(12-16-25-5)13-17-26-6/h18-19H,7-10,12-17H2,1-6H3. The lowest BCUT2D eigenvalue weighted by molar-refractivity contribution is -0.132. The first kappa shape index (κ1) is 28.2. The first-order chi connectivity index (χ1) is 13.9. The molecule has 8 nitrogen and oxygen atoms in total. The minimum absolute atomic E-state index is 0.109. The van der Waals surface area contributed by atoms with Crippen LogP contribution in [0.1, 0.15) is 53.4 Å². The van der Waals surface area contributed by atoms with Crippen LogP contribution in [0.5, 0.6) is 0 Å². The Kier molecular flexibility index (Phi) is 17.5. The Balaban J connectivity index is 4.46. The molecule has 0 spiro atoms. The molecule has 170 valence electrons. The Morgan fingerprint density at radius 3 is 1.97 bits per heavy atom. The van der Waals surface area contributed by atoms with Gasteiger partial charge in [0.25, 0.3) is 8.53 Å². The molecule has 0 aromatic heterocycles. The zero-order valence-corrected chi connectivity index (χ0v) is 20.0. The number of ether oxygens (including phenoxy) is 2. The number of methoxy groups -OCH3 is 2. The lowest BCUT2D eigenvalue weighted by Crippen LogP contribution is -2.36. The first-order valence-corrected chi connectivity index (χ1v) is 11.5. The summed E-state index contributed by atoms with van der Waals surface area (Å²) in [7, 11) is 2.04. The van der Waals surface area contributed by atoms with E-state index in [2.05, 4.69) is 38.4 Å². The Labute approximate surface area is 178 Å². The van der Waals surface area contributed by atoms with Crippen molar-refractivity contribution in [3.05, 3.63) is 0 Å². The topological polar surface area (TPSA) is 84.3 Å². The number of unbranched alkanes of at least 4 members (excludes halogenated alkanes) is 1. The van der Waals surface area contributed by atoms with E-state index >= 15 is 0 Å². The molecule has 0 saturated carbocycles. The van der Waals surface area contributed by atoms with E-state index in [0.29, 0.717) is 52.4 Å². The number of carbonyl (C=O) groups is 1. The predicted molar refractivity (Wildman–Crippen MR) is 115 cm³/mol. The molecule has 0 rings (SSSR count). The molecule has 9 heteroatoms. The van der Waals surface area contributed by atoms with Crippen LogP contribution in [0.3, 0.4) is 0 Å². The van der Waals surface area contributed by atoms with E-state index in [9.17, 15) is 4.79 Å². The molecule has 0 heterocycles. The van der Waals surface area contributed by atoms with Gasteiger partial charge in [-0.3, -0.25) is 4.79 Å². The average molecular weight is 434 g/mol. The van der Waals surface area contributed by atoms with Crippen LogP contribution < -0.4 is 0 Å². The van der Waals surface area contributed by atoms with E-state index in [4.69, 9.17) is 23.8 Å². The molecule has 0 radical (unpaired) electrons. The van der Waals surface area contributed by atoms with Crippen molar-refractivity contribution in [2.24, 2.45) is 0 Å². The largest absolute Gasteiger partial charge is 0.383 e. The Hall–Kier alpha value is -0.810. The number of rotatable bonds is 18. The summed E-state index contributed by atoms with van der Waals surface area (Å²) in [5.41, 5.74) is 0. The zero-order chi connectivity index (χ0) is 22.1. The van der Waals surface area contributed by atoms with Crippen LogP contribution in [0, 0.1) is 11.3 Å². The zero-order valence-electron chi connectivity index (χ0n) is 19.1. The highest BCUT2D eigenvalue weighted by molar-refractivity contribution is 7.44. The van der Waals surface area contributed by atoms with Crippen LogP contribution in [-0.4, -0.2) is 81.3 Å². The van der Waals surface area contributed by atoms with Crippen LogP contribution in [-0.2, 0) is 23.3 Å². The molecule has 0 bridgehead atoms. The van der Waals surface area contributed by atoms with Crippen LogP contribution in [0.25, 0.3) is 0 Å². The van der Waals surface area contributed by atoms with Gasteiger partial charge in [-0.2, -0.15) is 5.26 Å². The highest BCUT2D eigenvalue weighted by Gasteiger charge is 2.27. The van der Waals surface area contributed by atoms with Gasteiger partial charge in [-0.1, -0.05) is 0 Å². The van der Waals surface area contributed by atoms with Crippen molar-refractivity contribution in [3.63, 3.8) is 0 Å². The van der Waals surface area contributed by atoms with Crippen molar-refractivity contribution >= 4 is 14.4 Å². The second-order valence-electron chi connectivity index (χ2n) is 7.20. The molecule has 1 unspecified atom stereocenters. The van der Waals surface area contributed by atoms with Crippen molar-refractivity contribution in [3.8, 4) is 6.07 Å². The second kappa shape index (κ2) is 18.0. The third-order valence-electron chi connectivity index (χ3n) is 4.13. The molecular weight excluding hydrogens is 393 g/mol. The van der Waals surface area contributed by atoms with E-state index in [1.54, 1.807) is 19.1 Å². The minimum Gasteiger partial charge on any atom is -0.383 e. The molecule has 0 aromatic rings. The third-order valence-corrected chi connectivity index (χ3v) is 6.24. The van der Waals surface area contributed by atoms with Crippen LogP contribution in [0.2, 0.25) is 0 Å². The molecule has 0 N–H and O–H groups in total. The minimum atomic E-state index is -1.22. The van der Waals surface area contributed by atoms with Crippen molar-refractivity contribution in [2.75, 3.05) is 53.7 Å². The number of carbonyl (C=O) groups excluding carboxylic acids is 1. The van der Waals surface area contributed by atoms with E-state index in [1.807, 2.05) is 0 Å². The molecular formula is C20H40N3O5P. The number of nitrogens with zero attached hydrogens (tertiary/aromatic N) is 3. The fraction of sp³-hybridized carbons (Fsp3) is 0.900. The fourth-order valence-electron chi connectivity index (χ4n) is 2.76. The number of amides is 1. The SMILES string of the molecule is COCCN(CCOC)C(=O)CCCCOP(OCCC#N)N(C(C)C)C(C)C. The Morgan fingerprint density at radius 2 is 1.48 bits per heavy atom. The Bertz CT molecular complexity index is 444.